The number of nitrogens with one attached hydrogen (secondary N) is 1. The fourth-order valence-corrected chi connectivity index (χ4v) is 4.28. The molecule has 0 saturated carbocycles. The molecule has 7 nitrogen and oxygen atoms in total. The largest absolute Gasteiger partial charge is 0.420 e. The van der Waals surface area contributed by atoms with E-state index in [9.17, 15) is 17.6 Å². The van der Waals surface area contributed by atoms with Gasteiger partial charge >= 0.3 is 5.76 Å². The minimum absolute atomic E-state index is 0.00580. The van der Waals surface area contributed by atoms with Gasteiger partial charge in [-0.25, -0.2) is 22.3 Å². The molecule has 0 saturated heterocycles. The minimum Gasteiger partial charge on any atom is -0.408 e. The molecule has 0 aliphatic carbocycles. The van der Waals surface area contributed by atoms with E-state index in [2.05, 4.69) is 4.72 Å². The Hall–Kier alpha value is -2.49. The fourth-order valence-electron chi connectivity index (χ4n) is 3.23. The highest BCUT2D eigenvalue weighted by atomic mass is 32.2. The summed E-state index contributed by atoms with van der Waals surface area (Å²) in [4.78, 5) is 13.9. The molecule has 1 heterocycles. The van der Waals surface area contributed by atoms with Gasteiger partial charge in [-0.05, 0) is 57.8 Å². The second kappa shape index (κ2) is 8.10. The smallest absolute Gasteiger partial charge is 0.408 e. The van der Waals surface area contributed by atoms with Gasteiger partial charge in [0.05, 0.1) is 10.4 Å². The van der Waals surface area contributed by atoms with Crippen LogP contribution in [0.5, 0.6) is 0 Å². The lowest BCUT2D eigenvalue weighted by atomic mass is 10.1. The van der Waals surface area contributed by atoms with Crippen LogP contribution in [0.25, 0.3) is 11.1 Å². The van der Waals surface area contributed by atoms with E-state index in [1.807, 2.05) is 32.8 Å². The molecule has 0 bridgehead atoms. The number of oxazole rings is 1. The third-order valence-corrected chi connectivity index (χ3v) is 6.18. The van der Waals surface area contributed by atoms with E-state index >= 15 is 0 Å². The Bertz CT molecular complexity index is 1160. The van der Waals surface area contributed by atoms with Crippen molar-refractivity contribution < 1.29 is 17.2 Å². The summed E-state index contributed by atoms with van der Waals surface area (Å²) < 4.78 is 48.1. The Morgan fingerprint density at radius 1 is 1.14 bits per heavy atom. The van der Waals surface area contributed by atoms with Gasteiger partial charge in [0.1, 0.15) is 5.82 Å². The number of sulfonamides is 1. The monoisotopic (exact) mass is 421 g/mol. The summed E-state index contributed by atoms with van der Waals surface area (Å²) in [6.07, 6.45) is 0. The molecule has 9 heteroatoms. The van der Waals surface area contributed by atoms with Crippen LogP contribution >= 0.6 is 0 Å². The Labute approximate surface area is 168 Å². The van der Waals surface area contributed by atoms with Gasteiger partial charge in [-0.3, -0.25) is 4.57 Å². The van der Waals surface area contributed by atoms with Gasteiger partial charge in [-0.1, -0.05) is 12.1 Å². The van der Waals surface area contributed by atoms with Crippen molar-refractivity contribution in [1.82, 2.24) is 14.2 Å². The van der Waals surface area contributed by atoms with Crippen LogP contribution in [-0.4, -0.2) is 38.5 Å². The predicted molar refractivity (Wildman–Crippen MR) is 109 cm³/mol. The van der Waals surface area contributed by atoms with Crippen molar-refractivity contribution in [2.75, 3.05) is 20.6 Å². The van der Waals surface area contributed by atoms with Crippen LogP contribution in [0.2, 0.25) is 0 Å². The average molecular weight is 421 g/mol. The molecule has 2 aromatic carbocycles. The zero-order valence-electron chi connectivity index (χ0n) is 16.7. The first-order chi connectivity index (χ1) is 13.6. The van der Waals surface area contributed by atoms with Crippen LogP contribution in [0.1, 0.15) is 31.5 Å². The quantitative estimate of drug-likeness (QED) is 0.634. The number of aromatic nitrogens is 1. The van der Waals surface area contributed by atoms with Gasteiger partial charge in [-0.2, -0.15) is 0 Å². The van der Waals surface area contributed by atoms with E-state index in [-0.39, 0.29) is 34.9 Å². The molecule has 0 fully saturated rings. The van der Waals surface area contributed by atoms with E-state index < -0.39 is 15.8 Å². The number of likely N-dealkylation sites (N-methyl/N-ethyl adjacent to an activating group) is 1. The summed E-state index contributed by atoms with van der Waals surface area (Å²) in [5.74, 6) is -0.878. The van der Waals surface area contributed by atoms with Crippen LogP contribution in [0.15, 0.2) is 56.6 Å². The first kappa shape index (κ1) is 21.2. The molecule has 0 amide bonds. The summed E-state index contributed by atoms with van der Waals surface area (Å²) >= 11 is 0. The molecule has 156 valence electrons. The molecule has 29 heavy (non-hydrogen) atoms. The molecular weight excluding hydrogens is 397 g/mol. The second-order valence-electron chi connectivity index (χ2n) is 7.34. The summed E-state index contributed by atoms with van der Waals surface area (Å²) in [7, 11) is -0.208. The van der Waals surface area contributed by atoms with Gasteiger partial charge in [0.15, 0.2) is 5.58 Å². The van der Waals surface area contributed by atoms with E-state index in [1.54, 1.807) is 18.2 Å². The van der Waals surface area contributed by atoms with Crippen molar-refractivity contribution >= 4 is 21.1 Å². The van der Waals surface area contributed by atoms with Crippen molar-refractivity contribution in [1.29, 1.82) is 0 Å². The Morgan fingerprint density at radius 3 is 2.38 bits per heavy atom. The van der Waals surface area contributed by atoms with Crippen LogP contribution in [0.3, 0.4) is 0 Å². The van der Waals surface area contributed by atoms with Crippen molar-refractivity contribution in [2.45, 2.75) is 30.8 Å². The Kier molecular flexibility index (Phi) is 5.92. The molecule has 1 atom stereocenters. The second-order valence-corrected chi connectivity index (χ2v) is 9.11. The molecule has 0 spiro atoms. The van der Waals surface area contributed by atoms with E-state index in [4.69, 9.17) is 4.42 Å². The lowest BCUT2D eigenvalue weighted by Crippen LogP contribution is -2.34. The topological polar surface area (TPSA) is 84.5 Å². The minimum atomic E-state index is -3.84. The number of hydrogen-bond acceptors (Lipinski definition) is 5. The highest BCUT2D eigenvalue weighted by molar-refractivity contribution is 7.89. The highest BCUT2D eigenvalue weighted by Gasteiger charge is 2.22. The van der Waals surface area contributed by atoms with Gasteiger partial charge in [-0.15, -0.1) is 0 Å². The first-order valence-electron chi connectivity index (χ1n) is 9.17. The molecule has 0 aliphatic heterocycles. The van der Waals surface area contributed by atoms with Gasteiger partial charge < -0.3 is 9.32 Å². The zero-order chi connectivity index (χ0) is 21.3. The van der Waals surface area contributed by atoms with Crippen LogP contribution in [0, 0.1) is 5.82 Å². The molecule has 3 rings (SSSR count). The standard InChI is InChI=1S/C20H24FN3O4S/c1-13(2)24-17-10-9-16(11-19(17)28-20(24)25)29(26,27)22-12-18(23(3)4)14-5-7-15(21)8-6-14/h5-11,13,18,22H,12H2,1-4H3. The maximum absolute atomic E-state index is 13.2. The van der Waals surface area contributed by atoms with Crippen molar-refractivity contribution in [3.05, 3.63) is 64.4 Å². The number of hydrogen-bond donors (Lipinski definition) is 1. The third kappa shape index (κ3) is 4.42. The first-order valence-corrected chi connectivity index (χ1v) is 10.6. The third-order valence-electron chi connectivity index (χ3n) is 4.76. The van der Waals surface area contributed by atoms with Gasteiger partial charge in [0.25, 0.3) is 0 Å². The lowest BCUT2D eigenvalue weighted by Gasteiger charge is -2.25. The number of halogens is 1. The zero-order valence-corrected chi connectivity index (χ0v) is 17.5. The van der Waals surface area contributed by atoms with Crippen LogP contribution in [0.4, 0.5) is 4.39 Å². The van der Waals surface area contributed by atoms with Crippen molar-refractivity contribution in [2.24, 2.45) is 0 Å². The number of fused-ring (bicyclic) bond motifs is 1. The summed E-state index contributed by atoms with van der Waals surface area (Å²) in [5, 5.41) is 0. The van der Waals surface area contributed by atoms with E-state index in [0.29, 0.717) is 5.52 Å². The molecular formula is C20H24FN3O4S. The summed E-state index contributed by atoms with van der Waals surface area (Å²) in [6, 6.07) is 9.91. The molecule has 1 N–H and O–H groups in total. The molecule has 3 aromatic rings. The van der Waals surface area contributed by atoms with Gasteiger partial charge in [0, 0.05) is 24.7 Å². The van der Waals surface area contributed by atoms with E-state index in [1.165, 1.54) is 28.8 Å². The van der Waals surface area contributed by atoms with Crippen molar-refractivity contribution in [3.8, 4) is 0 Å². The van der Waals surface area contributed by atoms with E-state index in [0.717, 1.165) is 5.56 Å². The number of rotatable bonds is 7. The summed E-state index contributed by atoms with van der Waals surface area (Å²) in [6.45, 7) is 3.79. The van der Waals surface area contributed by atoms with Crippen LogP contribution in [-0.2, 0) is 10.0 Å². The van der Waals surface area contributed by atoms with Crippen LogP contribution < -0.4 is 10.5 Å². The Morgan fingerprint density at radius 2 is 1.79 bits per heavy atom. The average Bonchev–Trinajstić information content (AvgIpc) is 2.98. The highest BCUT2D eigenvalue weighted by Crippen LogP contribution is 2.22. The van der Waals surface area contributed by atoms with Gasteiger partial charge in [0.2, 0.25) is 10.0 Å². The van der Waals surface area contributed by atoms with Crippen molar-refractivity contribution in [3.63, 3.8) is 0 Å². The Balaban J connectivity index is 1.86. The maximum atomic E-state index is 13.2. The summed E-state index contributed by atoms with van der Waals surface area (Å²) in [5.41, 5.74) is 1.55. The normalized spacial score (nSPS) is 13.5. The molecule has 0 radical (unpaired) electrons. The predicted octanol–water partition coefficient (Wildman–Crippen LogP) is 2.90. The number of nitrogens with zero attached hydrogens (tertiary/aromatic N) is 2. The molecule has 1 aromatic heterocycles. The lowest BCUT2D eigenvalue weighted by molar-refractivity contribution is 0.299. The maximum Gasteiger partial charge on any atom is 0.420 e. The SMILES string of the molecule is CC(C)n1c(=O)oc2cc(S(=O)(=O)NCC(c3ccc(F)cc3)N(C)C)ccc21. The fraction of sp³-hybridized carbons (Fsp3) is 0.350. The number of benzene rings is 2. The molecule has 1 unspecified atom stereocenters. The molecule has 0 aliphatic rings.